The van der Waals surface area contributed by atoms with Crippen molar-refractivity contribution in [2.45, 2.75) is 49.2 Å². The summed E-state index contributed by atoms with van der Waals surface area (Å²) in [6, 6.07) is 16.0. The Morgan fingerprint density at radius 1 is 0.964 bits per heavy atom. The van der Waals surface area contributed by atoms with Crippen LogP contribution in [0.5, 0.6) is 0 Å². The third kappa shape index (κ3) is 5.30. The van der Waals surface area contributed by atoms with Crippen molar-refractivity contribution in [2.24, 2.45) is 0 Å². The van der Waals surface area contributed by atoms with Crippen LogP contribution in [0.25, 0.3) is 0 Å². The molecule has 1 saturated heterocycles. The van der Waals surface area contributed by atoms with Gasteiger partial charge in [0.15, 0.2) is 9.84 Å². The Morgan fingerprint density at radius 3 is 2.25 bits per heavy atom. The van der Waals surface area contributed by atoms with Gasteiger partial charge < -0.3 is 4.90 Å². The van der Waals surface area contributed by atoms with Crippen LogP contribution in [-0.2, 0) is 14.6 Å². The molecule has 1 heterocycles. The normalized spacial score (nSPS) is 16.6. The molecular weight excluding hydrogens is 370 g/mol. The fraction of sp³-hybridized carbons (Fsp3) is 0.435. The van der Waals surface area contributed by atoms with E-state index >= 15 is 0 Å². The molecule has 150 valence electrons. The van der Waals surface area contributed by atoms with Crippen molar-refractivity contribution < 1.29 is 13.2 Å². The van der Waals surface area contributed by atoms with Crippen LogP contribution < -0.4 is 0 Å². The fourth-order valence-corrected chi connectivity index (χ4v) is 5.51. The van der Waals surface area contributed by atoms with Gasteiger partial charge in [-0.2, -0.15) is 0 Å². The van der Waals surface area contributed by atoms with E-state index in [2.05, 4.69) is 4.90 Å². The molecule has 1 fully saturated rings. The van der Waals surface area contributed by atoms with Crippen LogP contribution in [0.2, 0.25) is 0 Å². The maximum absolute atomic E-state index is 13.3. The highest BCUT2D eigenvalue weighted by Gasteiger charge is 2.31. The molecule has 0 aliphatic carbocycles. The Labute approximate surface area is 168 Å². The highest BCUT2D eigenvalue weighted by atomic mass is 32.2. The predicted molar refractivity (Wildman–Crippen MR) is 112 cm³/mol. The van der Waals surface area contributed by atoms with Gasteiger partial charge in [0.25, 0.3) is 0 Å². The van der Waals surface area contributed by atoms with E-state index in [1.807, 2.05) is 25.1 Å². The number of benzene rings is 2. The van der Waals surface area contributed by atoms with Crippen LogP contribution in [0.3, 0.4) is 0 Å². The summed E-state index contributed by atoms with van der Waals surface area (Å²) < 4.78 is 26.6. The van der Waals surface area contributed by atoms with Crippen molar-refractivity contribution in [3.05, 3.63) is 65.7 Å². The van der Waals surface area contributed by atoms with Crippen molar-refractivity contribution >= 4 is 15.6 Å². The van der Waals surface area contributed by atoms with Crippen molar-refractivity contribution in [2.75, 3.05) is 19.6 Å². The van der Waals surface area contributed by atoms with E-state index in [1.165, 1.54) is 19.3 Å². The molecule has 0 radical (unpaired) electrons. The molecule has 2 aromatic carbocycles. The Kier molecular flexibility index (Phi) is 7.03. The summed E-state index contributed by atoms with van der Waals surface area (Å²) in [5, 5.41) is -0.842. The summed E-state index contributed by atoms with van der Waals surface area (Å²) in [6.07, 6.45) is 4.06. The van der Waals surface area contributed by atoms with Gasteiger partial charge in [-0.15, -0.1) is 0 Å². The summed E-state index contributed by atoms with van der Waals surface area (Å²) >= 11 is 0. The number of sulfone groups is 1. The lowest BCUT2D eigenvalue weighted by molar-refractivity contribution is -0.119. The first-order valence-electron chi connectivity index (χ1n) is 10.1. The van der Waals surface area contributed by atoms with Gasteiger partial charge in [0, 0.05) is 19.4 Å². The average molecular weight is 400 g/mol. The van der Waals surface area contributed by atoms with Gasteiger partial charge in [0.05, 0.1) is 10.1 Å². The highest BCUT2D eigenvalue weighted by molar-refractivity contribution is 7.91. The van der Waals surface area contributed by atoms with E-state index in [0.29, 0.717) is 12.0 Å². The van der Waals surface area contributed by atoms with Crippen LogP contribution in [-0.4, -0.2) is 38.7 Å². The van der Waals surface area contributed by atoms with Gasteiger partial charge in [-0.25, -0.2) is 8.42 Å². The van der Waals surface area contributed by atoms with Crippen molar-refractivity contribution in [3.63, 3.8) is 0 Å². The molecule has 0 saturated carbocycles. The van der Waals surface area contributed by atoms with Crippen molar-refractivity contribution in [1.82, 2.24) is 4.90 Å². The number of piperidine rings is 1. The second-order valence-electron chi connectivity index (χ2n) is 7.65. The van der Waals surface area contributed by atoms with Crippen LogP contribution in [0.1, 0.15) is 48.5 Å². The van der Waals surface area contributed by atoms with E-state index in [4.69, 9.17) is 0 Å². The second kappa shape index (κ2) is 9.48. The minimum absolute atomic E-state index is 0.00936. The molecule has 0 bridgehead atoms. The maximum Gasteiger partial charge on any atom is 0.185 e. The lowest BCUT2D eigenvalue weighted by Gasteiger charge is -2.26. The Morgan fingerprint density at radius 2 is 1.61 bits per heavy atom. The smallest absolute Gasteiger partial charge is 0.185 e. The lowest BCUT2D eigenvalue weighted by atomic mass is 10.0. The lowest BCUT2D eigenvalue weighted by Crippen LogP contribution is -2.32. The van der Waals surface area contributed by atoms with Gasteiger partial charge in [-0.05, 0) is 50.6 Å². The molecule has 0 spiro atoms. The Balaban J connectivity index is 1.77. The van der Waals surface area contributed by atoms with Gasteiger partial charge in [-0.3, -0.25) is 4.79 Å². The molecule has 0 unspecified atom stereocenters. The number of rotatable bonds is 8. The zero-order valence-electron chi connectivity index (χ0n) is 16.5. The second-order valence-corrected chi connectivity index (χ2v) is 9.78. The zero-order chi connectivity index (χ0) is 20.0. The molecule has 4 nitrogen and oxygen atoms in total. The summed E-state index contributed by atoms with van der Waals surface area (Å²) in [5.74, 6) is 0.00936. The third-order valence-corrected chi connectivity index (χ3v) is 7.58. The number of hydrogen-bond donors (Lipinski definition) is 0. The molecule has 0 aromatic heterocycles. The Hall–Kier alpha value is -1.98. The number of carbonyl (C=O) groups excluding carboxylic acids is 1. The predicted octanol–water partition coefficient (Wildman–Crippen LogP) is 4.35. The molecule has 5 heteroatoms. The van der Waals surface area contributed by atoms with E-state index in [0.717, 1.165) is 25.2 Å². The van der Waals surface area contributed by atoms with E-state index in [-0.39, 0.29) is 17.1 Å². The number of nitrogens with zero attached hydrogens (tertiary/aromatic N) is 1. The third-order valence-electron chi connectivity index (χ3n) is 5.46. The number of likely N-dealkylation sites (tertiary alicyclic amines) is 1. The van der Waals surface area contributed by atoms with Crippen molar-refractivity contribution in [1.29, 1.82) is 0 Å². The first kappa shape index (κ1) is 20.7. The molecule has 1 atom stereocenters. The van der Waals surface area contributed by atoms with Crippen molar-refractivity contribution in [3.8, 4) is 0 Å². The number of hydrogen-bond acceptors (Lipinski definition) is 4. The Bertz CT molecular complexity index is 870. The topological polar surface area (TPSA) is 54.5 Å². The molecule has 0 amide bonds. The monoisotopic (exact) mass is 399 g/mol. The van der Waals surface area contributed by atoms with Crippen LogP contribution >= 0.6 is 0 Å². The SMILES string of the molecule is Cc1ccc(S(=O)(=O)[C@@H](CC(=O)CCN2CCCCC2)c2ccccc2)cc1. The number of Topliss-reactive ketones (excluding diaryl/α,β-unsaturated/α-hetero) is 1. The molecule has 2 aromatic rings. The number of ketones is 1. The molecule has 1 aliphatic rings. The van der Waals surface area contributed by atoms with Gasteiger partial charge >= 0.3 is 0 Å². The standard InChI is InChI=1S/C23H29NO3S/c1-19-10-12-22(13-11-19)28(26,27)23(20-8-4-2-5-9-20)18-21(25)14-17-24-15-6-3-7-16-24/h2,4-5,8-13,23H,3,6-7,14-18H2,1H3/t23-/m0/s1. The summed E-state index contributed by atoms with van der Waals surface area (Å²) in [6.45, 7) is 4.73. The van der Waals surface area contributed by atoms with Gasteiger partial charge in [0.1, 0.15) is 5.78 Å². The molecule has 0 N–H and O–H groups in total. The average Bonchev–Trinajstić information content (AvgIpc) is 2.72. The zero-order valence-corrected chi connectivity index (χ0v) is 17.3. The summed E-state index contributed by atoms with van der Waals surface area (Å²) in [5.41, 5.74) is 1.68. The molecule has 1 aliphatic heterocycles. The molecular formula is C23H29NO3S. The van der Waals surface area contributed by atoms with Crippen LogP contribution in [0.15, 0.2) is 59.5 Å². The van der Waals surface area contributed by atoms with Crippen LogP contribution in [0, 0.1) is 6.92 Å². The first-order chi connectivity index (χ1) is 13.5. The van der Waals surface area contributed by atoms with Gasteiger partial charge in [0.2, 0.25) is 0 Å². The summed E-state index contributed by atoms with van der Waals surface area (Å²) in [7, 11) is -3.64. The quantitative estimate of drug-likeness (QED) is 0.662. The molecule has 3 rings (SSSR count). The number of carbonyl (C=O) groups is 1. The first-order valence-corrected chi connectivity index (χ1v) is 11.6. The van der Waals surface area contributed by atoms with E-state index in [1.54, 1.807) is 36.4 Å². The minimum atomic E-state index is -3.64. The van der Waals surface area contributed by atoms with Crippen LogP contribution in [0.4, 0.5) is 0 Å². The number of aryl methyl sites for hydroxylation is 1. The largest absolute Gasteiger partial charge is 0.303 e. The van der Waals surface area contributed by atoms with Gasteiger partial charge in [-0.1, -0.05) is 54.4 Å². The molecule has 28 heavy (non-hydrogen) atoms. The summed E-state index contributed by atoms with van der Waals surface area (Å²) in [4.78, 5) is 15.3. The maximum atomic E-state index is 13.3. The van der Waals surface area contributed by atoms with E-state index in [9.17, 15) is 13.2 Å². The van der Waals surface area contributed by atoms with E-state index < -0.39 is 15.1 Å². The fourth-order valence-electron chi connectivity index (χ4n) is 3.74. The minimum Gasteiger partial charge on any atom is -0.303 e. The highest BCUT2D eigenvalue weighted by Crippen LogP contribution is 2.32.